The number of nitrogens with one attached hydrogen (secondary N) is 1. The lowest BCUT2D eigenvalue weighted by molar-refractivity contribution is -0.130. The minimum Gasteiger partial charge on any atom is -0.492 e. The number of nitrogens with zero attached hydrogens (tertiary/aromatic N) is 2. The Hall–Kier alpha value is -2.90. The van der Waals surface area contributed by atoms with Crippen LogP contribution in [0.25, 0.3) is 6.08 Å². The van der Waals surface area contributed by atoms with Crippen LogP contribution in [0, 0.1) is 11.7 Å². The van der Waals surface area contributed by atoms with Gasteiger partial charge in [0.25, 0.3) is 0 Å². The van der Waals surface area contributed by atoms with Gasteiger partial charge in [-0.1, -0.05) is 37.6 Å². The molecule has 0 radical (unpaired) electrons. The second-order valence-electron chi connectivity index (χ2n) is 9.33. The maximum Gasteiger partial charge on any atom is 0.246 e. The zero-order chi connectivity index (χ0) is 25.5. The van der Waals surface area contributed by atoms with Gasteiger partial charge in [-0.3, -0.25) is 14.5 Å². The molecule has 1 aliphatic rings. The van der Waals surface area contributed by atoms with Crippen molar-refractivity contribution in [1.82, 2.24) is 9.80 Å². The van der Waals surface area contributed by atoms with Crippen molar-refractivity contribution in [2.24, 2.45) is 5.92 Å². The highest BCUT2D eigenvalue weighted by atomic mass is 35.5. The maximum absolute atomic E-state index is 13.2. The number of piperazine rings is 1. The standard InChI is InChI=1S/C27H33ClFN3O3/c1-18(2)17-35-26-13-22(25(14-24(26)28)30-20(4)33)7-10-27(34)32-12-11-31(15-19(32)3)16-21-5-8-23(29)9-6-21/h5-10,13-14,18-19H,11-12,15-17H2,1-4H3,(H,30,33)/t19-/m1/s1. The fraction of sp³-hybridized carbons (Fsp3) is 0.407. The summed E-state index contributed by atoms with van der Waals surface area (Å²) in [5, 5.41) is 3.16. The van der Waals surface area contributed by atoms with E-state index in [9.17, 15) is 14.0 Å². The lowest BCUT2D eigenvalue weighted by atomic mass is 10.1. The van der Waals surface area contributed by atoms with Crippen LogP contribution in [0.2, 0.25) is 5.02 Å². The number of hydrogen-bond acceptors (Lipinski definition) is 4. The molecule has 1 aliphatic heterocycles. The molecular formula is C27H33ClFN3O3. The van der Waals surface area contributed by atoms with E-state index in [-0.39, 0.29) is 23.7 Å². The summed E-state index contributed by atoms with van der Waals surface area (Å²) in [6, 6.07) is 9.91. The maximum atomic E-state index is 13.2. The van der Waals surface area contributed by atoms with Crippen LogP contribution in [-0.2, 0) is 16.1 Å². The number of ether oxygens (including phenoxy) is 1. The monoisotopic (exact) mass is 501 g/mol. The van der Waals surface area contributed by atoms with Gasteiger partial charge in [-0.25, -0.2) is 4.39 Å². The number of halogens is 2. The van der Waals surface area contributed by atoms with Crippen LogP contribution in [-0.4, -0.2) is 53.9 Å². The third-order valence-corrected chi connectivity index (χ3v) is 6.00. The van der Waals surface area contributed by atoms with E-state index >= 15 is 0 Å². The Labute approximate surface area is 211 Å². The highest BCUT2D eigenvalue weighted by Crippen LogP contribution is 2.32. The van der Waals surface area contributed by atoms with Crippen molar-refractivity contribution in [3.63, 3.8) is 0 Å². The van der Waals surface area contributed by atoms with Gasteiger partial charge in [0.05, 0.1) is 11.6 Å². The molecule has 188 valence electrons. The number of rotatable bonds is 8. The molecule has 0 aromatic heterocycles. The summed E-state index contributed by atoms with van der Waals surface area (Å²) in [5.74, 6) is 0.246. The highest BCUT2D eigenvalue weighted by Gasteiger charge is 2.26. The molecule has 1 heterocycles. The summed E-state index contributed by atoms with van der Waals surface area (Å²) in [6.07, 6.45) is 3.21. The second-order valence-corrected chi connectivity index (χ2v) is 9.74. The van der Waals surface area contributed by atoms with Crippen LogP contribution in [0.5, 0.6) is 5.75 Å². The number of hydrogen-bond donors (Lipinski definition) is 1. The number of benzene rings is 2. The summed E-state index contributed by atoms with van der Waals surface area (Å²) in [6.45, 7) is 10.8. The van der Waals surface area contributed by atoms with E-state index in [1.165, 1.54) is 25.1 Å². The van der Waals surface area contributed by atoms with Crippen LogP contribution in [0.3, 0.4) is 0 Å². The van der Waals surface area contributed by atoms with Crippen LogP contribution < -0.4 is 10.1 Å². The van der Waals surface area contributed by atoms with Crippen molar-refractivity contribution in [1.29, 1.82) is 0 Å². The molecule has 1 fully saturated rings. The lowest BCUT2D eigenvalue weighted by Crippen LogP contribution is -2.53. The molecule has 0 saturated carbocycles. The van der Waals surface area contributed by atoms with Crippen molar-refractivity contribution >= 4 is 35.2 Å². The number of anilines is 1. The summed E-state index contributed by atoms with van der Waals surface area (Å²) >= 11 is 6.35. The van der Waals surface area contributed by atoms with E-state index in [0.717, 1.165) is 18.7 Å². The van der Waals surface area contributed by atoms with E-state index in [0.29, 0.717) is 47.6 Å². The zero-order valence-electron chi connectivity index (χ0n) is 20.7. The predicted molar refractivity (Wildman–Crippen MR) is 138 cm³/mol. The van der Waals surface area contributed by atoms with E-state index in [1.54, 1.807) is 30.3 Å². The molecular weight excluding hydrogens is 469 g/mol. The fourth-order valence-electron chi connectivity index (χ4n) is 3.98. The first kappa shape index (κ1) is 26.7. The number of carbonyl (C=O) groups is 2. The molecule has 0 aliphatic carbocycles. The van der Waals surface area contributed by atoms with Crippen LogP contribution in [0.15, 0.2) is 42.5 Å². The van der Waals surface area contributed by atoms with Crippen molar-refractivity contribution in [2.75, 3.05) is 31.6 Å². The van der Waals surface area contributed by atoms with Gasteiger partial charge in [-0.15, -0.1) is 0 Å². The Morgan fingerprint density at radius 2 is 1.94 bits per heavy atom. The zero-order valence-corrected chi connectivity index (χ0v) is 21.4. The summed E-state index contributed by atoms with van der Waals surface area (Å²) < 4.78 is 19.0. The number of amides is 2. The number of carbonyl (C=O) groups excluding carboxylic acids is 2. The van der Waals surface area contributed by atoms with Crippen molar-refractivity contribution in [3.8, 4) is 5.75 Å². The molecule has 3 rings (SSSR count). The molecule has 1 atom stereocenters. The van der Waals surface area contributed by atoms with Gasteiger partial charge >= 0.3 is 0 Å². The van der Waals surface area contributed by atoms with Crippen LogP contribution in [0.4, 0.5) is 10.1 Å². The van der Waals surface area contributed by atoms with E-state index in [2.05, 4.69) is 10.2 Å². The SMILES string of the molecule is CC(=O)Nc1cc(Cl)c(OCC(C)C)cc1C=CC(=O)N1CCN(Cc2ccc(F)cc2)C[C@H]1C. The molecule has 8 heteroatoms. The quantitative estimate of drug-likeness (QED) is 0.504. The molecule has 6 nitrogen and oxygen atoms in total. The van der Waals surface area contributed by atoms with Crippen molar-refractivity contribution in [3.05, 3.63) is 64.4 Å². The fourth-order valence-corrected chi connectivity index (χ4v) is 4.20. The Balaban J connectivity index is 1.69. The van der Waals surface area contributed by atoms with E-state index < -0.39 is 0 Å². The predicted octanol–water partition coefficient (Wildman–Crippen LogP) is 5.22. The van der Waals surface area contributed by atoms with Crippen molar-refractivity contribution in [2.45, 2.75) is 40.3 Å². The first-order chi connectivity index (χ1) is 16.6. The van der Waals surface area contributed by atoms with Gasteiger partial charge in [0, 0.05) is 56.5 Å². The van der Waals surface area contributed by atoms with Crippen LogP contribution in [0.1, 0.15) is 38.8 Å². The normalized spacial score (nSPS) is 16.7. The van der Waals surface area contributed by atoms with Gasteiger partial charge in [-0.2, -0.15) is 0 Å². The molecule has 1 N–H and O–H groups in total. The van der Waals surface area contributed by atoms with Gasteiger partial charge in [-0.05, 0) is 48.7 Å². The molecule has 0 spiro atoms. The first-order valence-electron chi connectivity index (χ1n) is 11.8. The Bertz CT molecular complexity index is 1070. The molecule has 2 aromatic carbocycles. The third kappa shape index (κ3) is 7.80. The smallest absolute Gasteiger partial charge is 0.246 e. The first-order valence-corrected chi connectivity index (χ1v) is 12.2. The molecule has 35 heavy (non-hydrogen) atoms. The molecule has 1 saturated heterocycles. The molecule has 2 aromatic rings. The average molecular weight is 502 g/mol. The molecule has 0 unspecified atom stereocenters. The second kappa shape index (κ2) is 12.2. The van der Waals surface area contributed by atoms with Crippen molar-refractivity contribution < 1.29 is 18.7 Å². The molecule has 2 amide bonds. The van der Waals surface area contributed by atoms with Gasteiger partial charge in [0.1, 0.15) is 11.6 Å². The third-order valence-electron chi connectivity index (χ3n) is 5.71. The van der Waals surface area contributed by atoms with E-state index in [4.69, 9.17) is 16.3 Å². The Morgan fingerprint density at radius 1 is 1.23 bits per heavy atom. The van der Waals surface area contributed by atoms with Gasteiger partial charge < -0.3 is 15.0 Å². The minimum atomic E-state index is -0.245. The summed E-state index contributed by atoms with van der Waals surface area (Å²) in [5.41, 5.74) is 2.20. The Kier molecular flexibility index (Phi) is 9.29. The van der Waals surface area contributed by atoms with Crippen LogP contribution >= 0.6 is 11.6 Å². The molecule has 0 bridgehead atoms. The average Bonchev–Trinajstić information content (AvgIpc) is 2.78. The van der Waals surface area contributed by atoms with Gasteiger partial charge in [0.15, 0.2) is 0 Å². The highest BCUT2D eigenvalue weighted by molar-refractivity contribution is 6.32. The summed E-state index contributed by atoms with van der Waals surface area (Å²) in [7, 11) is 0. The van der Waals surface area contributed by atoms with Gasteiger partial charge in [0.2, 0.25) is 11.8 Å². The summed E-state index contributed by atoms with van der Waals surface area (Å²) in [4.78, 5) is 28.8. The Morgan fingerprint density at radius 3 is 2.57 bits per heavy atom. The topological polar surface area (TPSA) is 61.9 Å². The lowest BCUT2D eigenvalue weighted by Gasteiger charge is -2.39. The van der Waals surface area contributed by atoms with E-state index in [1.807, 2.05) is 25.7 Å². The minimum absolute atomic E-state index is 0.0197. The largest absolute Gasteiger partial charge is 0.492 e.